The maximum atomic E-state index is 13.9. The first kappa shape index (κ1) is 15.8. The number of nitrogens with one attached hydrogen (secondary N) is 3. The summed E-state index contributed by atoms with van der Waals surface area (Å²) in [6.07, 6.45) is 1.23. The Morgan fingerprint density at radius 3 is 3.04 bits per heavy atom. The molecule has 4 rings (SSSR count). The first-order valence-electron chi connectivity index (χ1n) is 8.29. The molecule has 25 heavy (non-hydrogen) atoms. The van der Waals surface area contributed by atoms with E-state index in [1.165, 1.54) is 11.0 Å². The fraction of sp³-hybridized carbons (Fsp3) is 0.353. The number of fused-ring (bicyclic) bond motifs is 1. The predicted molar refractivity (Wildman–Crippen MR) is 88.6 cm³/mol. The Kier molecular flexibility index (Phi) is 3.96. The number of rotatable bonds is 3. The van der Waals surface area contributed by atoms with Gasteiger partial charge in [-0.2, -0.15) is 5.10 Å². The van der Waals surface area contributed by atoms with E-state index < -0.39 is 11.9 Å². The van der Waals surface area contributed by atoms with E-state index in [0.717, 1.165) is 24.2 Å². The second-order valence-electron chi connectivity index (χ2n) is 6.21. The number of anilines is 1. The highest BCUT2D eigenvalue weighted by Crippen LogP contribution is 2.24. The number of carbonyl (C=O) groups is 2. The number of halogens is 1. The van der Waals surface area contributed by atoms with Crippen LogP contribution in [-0.2, 0) is 17.8 Å². The molecule has 1 unspecified atom stereocenters. The molecule has 8 heteroatoms. The zero-order valence-corrected chi connectivity index (χ0v) is 13.5. The van der Waals surface area contributed by atoms with Gasteiger partial charge < -0.3 is 15.5 Å². The Hall–Kier alpha value is -2.74. The summed E-state index contributed by atoms with van der Waals surface area (Å²) in [6.45, 7) is 1.79. The number of para-hydroxylation sites is 1. The molecule has 0 radical (unpaired) electrons. The lowest BCUT2D eigenvalue weighted by Gasteiger charge is -2.18. The van der Waals surface area contributed by atoms with Gasteiger partial charge in [-0.3, -0.25) is 14.7 Å². The van der Waals surface area contributed by atoms with Crippen LogP contribution in [0.15, 0.2) is 24.3 Å². The standard InChI is InChI=1S/C17H18FN5O2/c18-11-3-1-2-4-14(11)23-8-6-13(17(23)25)20-16(24)15-10-9-19-7-5-12(10)21-22-15/h1-4,13,19H,5-9H2,(H,20,24)(H,21,22). The zero-order valence-electron chi connectivity index (χ0n) is 13.5. The van der Waals surface area contributed by atoms with Gasteiger partial charge in [-0.1, -0.05) is 12.1 Å². The van der Waals surface area contributed by atoms with Crippen molar-refractivity contribution in [2.45, 2.75) is 25.4 Å². The molecular weight excluding hydrogens is 325 g/mol. The highest BCUT2D eigenvalue weighted by atomic mass is 19.1. The lowest BCUT2D eigenvalue weighted by atomic mass is 10.1. The molecule has 0 saturated carbocycles. The van der Waals surface area contributed by atoms with E-state index in [4.69, 9.17) is 0 Å². The average molecular weight is 343 g/mol. The maximum absolute atomic E-state index is 13.9. The van der Waals surface area contributed by atoms with Gasteiger partial charge in [-0.15, -0.1) is 0 Å². The third-order valence-corrected chi connectivity index (χ3v) is 4.68. The van der Waals surface area contributed by atoms with Crippen LogP contribution in [0.1, 0.15) is 28.2 Å². The number of H-pyrrole nitrogens is 1. The molecule has 3 heterocycles. The van der Waals surface area contributed by atoms with E-state index in [1.54, 1.807) is 18.2 Å². The van der Waals surface area contributed by atoms with E-state index >= 15 is 0 Å². The minimum Gasteiger partial charge on any atom is -0.339 e. The van der Waals surface area contributed by atoms with Gasteiger partial charge in [0.2, 0.25) is 5.91 Å². The highest BCUT2D eigenvalue weighted by molar-refractivity contribution is 6.03. The molecule has 1 aromatic heterocycles. The molecule has 0 spiro atoms. The fourth-order valence-corrected chi connectivity index (χ4v) is 3.36. The third kappa shape index (κ3) is 2.78. The second-order valence-corrected chi connectivity index (χ2v) is 6.21. The lowest BCUT2D eigenvalue weighted by Crippen LogP contribution is -2.42. The zero-order chi connectivity index (χ0) is 17.4. The Balaban J connectivity index is 1.49. The largest absolute Gasteiger partial charge is 0.339 e. The monoisotopic (exact) mass is 343 g/mol. The predicted octanol–water partition coefficient (Wildman–Crippen LogP) is 0.730. The molecule has 1 atom stereocenters. The summed E-state index contributed by atoms with van der Waals surface area (Å²) in [7, 11) is 0. The SMILES string of the molecule is O=C(NC1CCN(c2ccccc2F)C1=O)c1n[nH]c2c1CNCC2. The number of aromatic nitrogens is 2. The molecule has 1 saturated heterocycles. The molecule has 3 N–H and O–H groups in total. The quantitative estimate of drug-likeness (QED) is 0.766. The normalized spacial score (nSPS) is 19.8. The van der Waals surface area contributed by atoms with Crippen LogP contribution in [0.25, 0.3) is 0 Å². The maximum Gasteiger partial charge on any atom is 0.272 e. The van der Waals surface area contributed by atoms with Crippen molar-refractivity contribution >= 4 is 17.5 Å². The van der Waals surface area contributed by atoms with Gasteiger partial charge in [0.05, 0.1) is 5.69 Å². The number of benzene rings is 1. The number of amides is 2. The fourth-order valence-electron chi connectivity index (χ4n) is 3.36. The summed E-state index contributed by atoms with van der Waals surface area (Å²) in [5.74, 6) is -1.13. The van der Waals surface area contributed by atoms with Crippen molar-refractivity contribution in [2.75, 3.05) is 18.0 Å². The van der Waals surface area contributed by atoms with Gasteiger partial charge in [-0.05, 0) is 18.6 Å². The van der Waals surface area contributed by atoms with Crippen LogP contribution in [0.5, 0.6) is 0 Å². The smallest absolute Gasteiger partial charge is 0.272 e. The van der Waals surface area contributed by atoms with E-state index in [-0.39, 0.29) is 17.5 Å². The summed E-state index contributed by atoms with van der Waals surface area (Å²) in [6, 6.07) is 5.47. The van der Waals surface area contributed by atoms with Crippen molar-refractivity contribution in [1.82, 2.24) is 20.8 Å². The van der Waals surface area contributed by atoms with Crippen LogP contribution >= 0.6 is 0 Å². The Bertz CT molecular complexity index is 834. The molecule has 130 valence electrons. The minimum absolute atomic E-state index is 0.241. The molecule has 2 aliphatic heterocycles. The topological polar surface area (TPSA) is 90.1 Å². The van der Waals surface area contributed by atoms with Crippen molar-refractivity contribution in [3.05, 3.63) is 47.0 Å². The summed E-state index contributed by atoms with van der Waals surface area (Å²) in [4.78, 5) is 26.5. The lowest BCUT2D eigenvalue weighted by molar-refractivity contribution is -0.118. The van der Waals surface area contributed by atoms with Crippen LogP contribution in [0.4, 0.5) is 10.1 Å². The van der Waals surface area contributed by atoms with Crippen LogP contribution in [0.3, 0.4) is 0 Å². The highest BCUT2D eigenvalue weighted by Gasteiger charge is 2.35. The molecule has 1 fully saturated rings. The van der Waals surface area contributed by atoms with Crippen LogP contribution in [0.2, 0.25) is 0 Å². The molecule has 2 amide bonds. The van der Waals surface area contributed by atoms with Gasteiger partial charge in [0.1, 0.15) is 11.9 Å². The van der Waals surface area contributed by atoms with E-state index in [9.17, 15) is 14.0 Å². The van der Waals surface area contributed by atoms with Crippen LogP contribution < -0.4 is 15.5 Å². The molecule has 2 aliphatic rings. The van der Waals surface area contributed by atoms with Crippen molar-refractivity contribution < 1.29 is 14.0 Å². The molecule has 2 aromatic rings. The molecule has 7 nitrogen and oxygen atoms in total. The summed E-state index contributed by atoms with van der Waals surface area (Å²) >= 11 is 0. The van der Waals surface area contributed by atoms with Gasteiger partial charge in [0, 0.05) is 37.3 Å². The second kappa shape index (κ2) is 6.29. The van der Waals surface area contributed by atoms with Crippen molar-refractivity contribution in [2.24, 2.45) is 0 Å². The van der Waals surface area contributed by atoms with Gasteiger partial charge in [0.25, 0.3) is 5.91 Å². The van der Waals surface area contributed by atoms with Gasteiger partial charge in [-0.25, -0.2) is 4.39 Å². The Morgan fingerprint density at radius 2 is 2.20 bits per heavy atom. The summed E-state index contributed by atoms with van der Waals surface area (Å²) < 4.78 is 13.9. The number of nitrogens with zero attached hydrogens (tertiary/aromatic N) is 2. The summed E-state index contributed by atoms with van der Waals surface area (Å²) in [5.41, 5.74) is 2.36. The van der Waals surface area contributed by atoms with Crippen molar-refractivity contribution in [1.29, 1.82) is 0 Å². The average Bonchev–Trinajstić information content (AvgIpc) is 3.20. The van der Waals surface area contributed by atoms with Crippen LogP contribution in [0, 0.1) is 5.82 Å². The van der Waals surface area contributed by atoms with Crippen LogP contribution in [-0.4, -0.2) is 41.1 Å². The first-order valence-corrected chi connectivity index (χ1v) is 8.29. The Labute approximate surface area is 143 Å². The minimum atomic E-state index is -0.670. The number of aromatic amines is 1. The molecular formula is C17H18FN5O2. The van der Waals surface area contributed by atoms with E-state index in [2.05, 4.69) is 20.8 Å². The van der Waals surface area contributed by atoms with E-state index in [1.807, 2.05) is 0 Å². The summed E-state index contributed by atoms with van der Waals surface area (Å²) in [5, 5.41) is 12.9. The van der Waals surface area contributed by atoms with Crippen molar-refractivity contribution in [3.8, 4) is 0 Å². The molecule has 0 bridgehead atoms. The molecule has 0 aliphatic carbocycles. The number of carbonyl (C=O) groups excluding carboxylic acids is 2. The van der Waals surface area contributed by atoms with Gasteiger partial charge >= 0.3 is 0 Å². The third-order valence-electron chi connectivity index (χ3n) is 4.68. The van der Waals surface area contributed by atoms with E-state index in [0.29, 0.717) is 25.2 Å². The molecule has 1 aromatic carbocycles. The number of hydrogen-bond acceptors (Lipinski definition) is 4. The van der Waals surface area contributed by atoms with Crippen molar-refractivity contribution in [3.63, 3.8) is 0 Å². The Morgan fingerprint density at radius 1 is 1.36 bits per heavy atom. The van der Waals surface area contributed by atoms with Gasteiger partial charge in [0.15, 0.2) is 5.69 Å². The first-order chi connectivity index (χ1) is 12.1. The number of hydrogen-bond donors (Lipinski definition) is 3.